The quantitative estimate of drug-likeness (QED) is 0.657. The Morgan fingerprint density at radius 2 is 1.78 bits per heavy atom. The number of hydrazone groups is 1. The molecule has 0 fully saturated rings. The van der Waals surface area contributed by atoms with Gasteiger partial charge in [-0.15, -0.1) is 0 Å². The highest BCUT2D eigenvalue weighted by Gasteiger charge is 2.05. The van der Waals surface area contributed by atoms with Crippen molar-refractivity contribution >= 4 is 17.3 Å². The van der Waals surface area contributed by atoms with Crippen LogP contribution in [-0.4, -0.2) is 18.2 Å². The van der Waals surface area contributed by atoms with Crippen LogP contribution in [0.1, 0.15) is 18.1 Å². The van der Waals surface area contributed by atoms with Crippen molar-refractivity contribution in [3.63, 3.8) is 0 Å². The highest BCUT2D eigenvalue weighted by Crippen LogP contribution is 2.10. The summed E-state index contributed by atoms with van der Waals surface area (Å²) in [5.74, 6) is -2.22. The van der Waals surface area contributed by atoms with E-state index in [2.05, 4.69) is 15.8 Å². The summed E-state index contributed by atoms with van der Waals surface area (Å²) in [6, 6.07) is 11.1. The van der Waals surface area contributed by atoms with Crippen LogP contribution in [0.5, 0.6) is 0 Å². The van der Waals surface area contributed by atoms with E-state index in [1.165, 1.54) is 6.07 Å². The number of anilines is 1. The van der Waals surface area contributed by atoms with E-state index in [1.54, 1.807) is 6.92 Å². The maximum atomic E-state index is 13.1. The second-order valence-electron chi connectivity index (χ2n) is 5.08. The van der Waals surface area contributed by atoms with Gasteiger partial charge in [0.2, 0.25) is 0 Å². The molecule has 0 spiro atoms. The number of benzene rings is 2. The molecule has 0 aliphatic carbocycles. The SMILES string of the molecule is C/C(=N/NC(=O)CNc1ccc(C)cc1)c1ccc(F)c(F)c1. The molecular weight excluding hydrogens is 300 g/mol. The zero-order chi connectivity index (χ0) is 16.8. The number of halogens is 2. The van der Waals surface area contributed by atoms with Crippen molar-refractivity contribution in [1.29, 1.82) is 0 Å². The molecule has 0 aromatic heterocycles. The summed E-state index contributed by atoms with van der Waals surface area (Å²) < 4.78 is 26.0. The van der Waals surface area contributed by atoms with Gasteiger partial charge in [0.15, 0.2) is 11.6 Å². The lowest BCUT2D eigenvalue weighted by Crippen LogP contribution is -2.26. The molecule has 0 saturated heterocycles. The fraction of sp³-hybridized carbons (Fsp3) is 0.176. The van der Waals surface area contributed by atoms with Gasteiger partial charge in [0.1, 0.15) is 0 Å². The van der Waals surface area contributed by atoms with Crippen LogP contribution in [-0.2, 0) is 4.79 Å². The Balaban J connectivity index is 1.89. The van der Waals surface area contributed by atoms with Gasteiger partial charge in [0, 0.05) is 11.3 Å². The number of carbonyl (C=O) groups is 1. The molecule has 0 saturated carbocycles. The zero-order valence-corrected chi connectivity index (χ0v) is 12.9. The number of amides is 1. The largest absolute Gasteiger partial charge is 0.376 e. The molecule has 4 nitrogen and oxygen atoms in total. The number of hydrogen-bond donors (Lipinski definition) is 2. The molecule has 0 aliphatic heterocycles. The van der Waals surface area contributed by atoms with Crippen LogP contribution in [0.2, 0.25) is 0 Å². The molecule has 0 aliphatic rings. The topological polar surface area (TPSA) is 53.5 Å². The molecule has 2 aromatic carbocycles. The first-order chi connectivity index (χ1) is 11.0. The van der Waals surface area contributed by atoms with E-state index in [-0.39, 0.29) is 12.5 Å². The van der Waals surface area contributed by atoms with Crippen LogP contribution in [0.4, 0.5) is 14.5 Å². The first-order valence-electron chi connectivity index (χ1n) is 7.05. The van der Waals surface area contributed by atoms with Gasteiger partial charge >= 0.3 is 0 Å². The smallest absolute Gasteiger partial charge is 0.259 e. The van der Waals surface area contributed by atoms with Crippen molar-refractivity contribution in [2.75, 3.05) is 11.9 Å². The number of rotatable bonds is 5. The van der Waals surface area contributed by atoms with Crippen LogP contribution in [0, 0.1) is 18.6 Å². The fourth-order valence-electron chi connectivity index (χ4n) is 1.83. The average molecular weight is 317 g/mol. The maximum Gasteiger partial charge on any atom is 0.259 e. The second-order valence-corrected chi connectivity index (χ2v) is 5.08. The van der Waals surface area contributed by atoms with Crippen LogP contribution < -0.4 is 10.7 Å². The van der Waals surface area contributed by atoms with E-state index in [0.29, 0.717) is 11.3 Å². The van der Waals surface area contributed by atoms with Gasteiger partial charge in [-0.25, -0.2) is 14.2 Å². The lowest BCUT2D eigenvalue weighted by Gasteiger charge is -2.06. The Labute approximate surface area is 133 Å². The molecule has 0 heterocycles. The van der Waals surface area contributed by atoms with Crippen molar-refractivity contribution in [2.24, 2.45) is 5.10 Å². The summed E-state index contributed by atoms with van der Waals surface area (Å²) in [5.41, 5.74) is 5.10. The minimum atomic E-state index is -0.954. The van der Waals surface area contributed by atoms with E-state index in [0.717, 1.165) is 23.4 Å². The third kappa shape index (κ3) is 4.88. The Hall–Kier alpha value is -2.76. The molecule has 120 valence electrons. The van der Waals surface area contributed by atoms with Crippen LogP contribution in [0.3, 0.4) is 0 Å². The normalized spacial score (nSPS) is 11.2. The van der Waals surface area contributed by atoms with Crippen LogP contribution in [0.25, 0.3) is 0 Å². The summed E-state index contributed by atoms with van der Waals surface area (Å²) in [5, 5.41) is 6.84. The predicted octanol–water partition coefficient (Wildman–Crippen LogP) is 3.23. The second kappa shape index (κ2) is 7.49. The summed E-state index contributed by atoms with van der Waals surface area (Å²) in [7, 11) is 0. The Morgan fingerprint density at radius 3 is 2.43 bits per heavy atom. The summed E-state index contributed by atoms with van der Waals surface area (Å²) >= 11 is 0. The van der Waals surface area contributed by atoms with Gasteiger partial charge in [-0.2, -0.15) is 5.10 Å². The van der Waals surface area contributed by atoms with Crippen LogP contribution >= 0.6 is 0 Å². The first-order valence-corrected chi connectivity index (χ1v) is 7.05. The van der Waals surface area contributed by atoms with Gasteiger partial charge in [0.25, 0.3) is 5.91 Å². The van der Waals surface area contributed by atoms with Gasteiger partial charge in [-0.05, 0) is 44.2 Å². The predicted molar refractivity (Wildman–Crippen MR) is 86.4 cm³/mol. The molecule has 23 heavy (non-hydrogen) atoms. The van der Waals surface area contributed by atoms with Gasteiger partial charge in [-0.3, -0.25) is 4.79 Å². The number of aryl methyl sites for hydroxylation is 1. The van der Waals surface area contributed by atoms with Crippen molar-refractivity contribution in [3.8, 4) is 0 Å². The van der Waals surface area contributed by atoms with Crippen molar-refractivity contribution in [2.45, 2.75) is 13.8 Å². The highest BCUT2D eigenvalue weighted by atomic mass is 19.2. The lowest BCUT2D eigenvalue weighted by atomic mass is 10.1. The number of hydrogen-bond acceptors (Lipinski definition) is 3. The molecule has 0 radical (unpaired) electrons. The third-order valence-corrected chi connectivity index (χ3v) is 3.19. The minimum absolute atomic E-state index is 0.0532. The number of carbonyl (C=O) groups excluding carboxylic acids is 1. The molecule has 2 rings (SSSR count). The van der Waals surface area contributed by atoms with E-state index in [1.807, 2.05) is 31.2 Å². The van der Waals surface area contributed by atoms with E-state index in [9.17, 15) is 13.6 Å². The first kappa shape index (κ1) is 16.6. The molecule has 0 bridgehead atoms. The molecular formula is C17H17F2N3O. The van der Waals surface area contributed by atoms with Crippen molar-refractivity contribution in [3.05, 3.63) is 65.2 Å². The molecule has 0 atom stereocenters. The standard InChI is InChI=1S/C17H17F2N3O/c1-11-3-6-14(7-4-11)20-10-17(23)22-21-12(2)13-5-8-15(18)16(19)9-13/h3-9,20H,10H2,1-2H3,(H,22,23)/b21-12-. The molecule has 2 aromatic rings. The zero-order valence-electron chi connectivity index (χ0n) is 12.9. The van der Waals surface area contributed by atoms with Crippen molar-refractivity contribution < 1.29 is 13.6 Å². The summed E-state index contributed by atoms with van der Waals surface area (Å²) in [6.07, 6.45) is 0. The molecule has 1 amide bonds. The van der Waals surface area contributed by atoms with E-state index < -0.39 is 11.6 Å². The summed E-state index contributed by atoms with van der Waals surface area (Å²) in [4.78, 5) is 11.7. The highest BCUT2D eigenvalue weighted by molar-refractivity contribution is 5.99. The average Bonchev–Trinajstić information content (AvgIpc) is 2.54. The number of nitrogens with one attached hydrogen (secondary N) is 2. The van der Waals surface area contributed by atoms with Gasteiger partial charge in [0.05, 0.1) is 12.3 Å². The molecule has 6 heteroatoms. The van der Waals surface area contributed by atoms with Gasteiger partial charge < -0.3 is 5.32 Å². The Kier molecular flexibility index (Phi) is 5.41. The summed E-state index contributed by atoms with van der Waals surface area (Å²) in [6.45, 7) is 3.63. The maximum absolute atomic E-state index is 13.1. The van der Waals surface area contributed by atoms with E-state index in [4.69, 9.17) is 0 Å². The Bertz CT molecular complexity index is 727. The molecule has 2 N–H and O–H groups in total. The van der Waals surface area contributed by atoms with E-state index >= 15 is 0 Å². The van der Waals surface area contributed by atoms with Crippen molar-refractivity contribution in [1.82, 2.24) is 5.43 Å². The fourth-order valence-corrected chi connectivity index (χ4v) is 1.83. The van der Waals surface area contributed by atoms with Gasteiger partial charge in [-0.1, -0.05) is 17.7 Å². The monoisotopic (exact) mass is 317 g/mol. The van der Waals surface area contributed by atoms with Crippen LogP contribution in [0.15, 0.2) is 47.6 Å². The molecule has 0 unspecified atom stereocenters. The lowest BCUT2D eigenvalue weighted by molar-refractivity contribution is -0.119. The number of nitrogens with zero attached hydrogens (tertiary/aromatic N) is 1. The minimum Gasteiger partial charge on any atom is -0.376 e. The Morgan fingerprint density at radius 1 is 1.09 bits per heavy atom. The third-order valence-electron chi connectivity index (χ3n) is 3.19.